The molecule has 2 aliphatic heterocycles. The van der Waals surface area contributed by atoms with Crippen molar-refractivity contribution in [3.63, 3.8) is 0 Å². The molecular formula is C17H23NO4. The molecule has 22 heavy (non-hydrogen) atoms. The second-order valence-corrected chi connectivity index (χ2v) is 7.68. The van der Waals surface area contributed by atoms with E-state index in [0.29, 0.717) is 18.8 Å². The van der Waals surface area contributed by atoms with Crippen molar-refractivity contribution >= 4 is 11.9 Å². The third-order valence-corrected chi connectivity index (χ3v) is 6.78. The van der Waals surface area contributed by atoms with Crippen LogP contribution in [-0.4, -0.2) is 46.7 Å². The maximum Gasteiger partial charge on any atom is 0.313 e. The molecule has 1 saturated carbocycles. The molecular weight excluding hydrogens is 282 g/mol. The monoisotopic (exact) mass is 305 g/mol. The molecule has 5 nitrogen and oxygen atoms in total. The fourth-order valence-electron chi connectivity index (χ4n) is 5.67. The number of fused-ring (bicyclic) bond motifs is 3. The highest BCUT2D eigenvalue weighted by molar-refractivity contribution is 5.78. The van der Waals surface area contributed by atoms with Crippen molar-refractivity contribution in [1.82, 2.24) is 4.90 Å². The number of aliphatic carboxylic acids is 2. The second-order valence-electron chi connectivity index (χ2n) is 7.68. The van der Waals surface area contributed by atoms with Crippen molar-refractivity contribution in [3.05, 3.63) is 12.2 Å². The van der Waals surface area contributed by atoms with E-state index in [1.54, 1.807) is 0 Å². The summed E-state index contributed by atoms with van der Waals surface area (Å²) in [7, 11) is 0. The van der Waals surface area contributed by atoms with Crippen molar-refractivity contribution in [2.75, 3.05) is 19.6 Å². The van der Waals surface area contributed by atoms with Crippen LogP contribution in [0.5, 0.6) is 0 Å². The van der Waals surface area contributed by atoms with E-state index >= 15 is 0 Å². The van der Waals surface area contributed by atoms with Crippen LogP contribution in [0.4, 0.5) is 0 Å². The molecule has 0 aromatic carbocycles. The first-order valence-corrected chi connectivity index (χ1v) is 8.39. The van der Waals surface area contributed by atoms with Crippen molar-refractivity contribution < 1.29 is 19.8 Å². The van der Waals surface area contributed by atoms with Crippen LogP contribution in [0.15, 0.2) is 12.2 Å². The van der Waals surface area contributed by atoms with Crippen LogP contribution < -0.4 is 0 Å². The first-order valence-electron chi connectivity index (χ1n) is 8.39. The van der Waals surface area contributed by atoms with Crippen LogP contribution in [0.3, 0.4) is 0 Å². The first-order chi connectivity index (χ1) is 10.5. The third-order valence-electron chi connectivity index (χ3n) is 6.78. The summed E-state index contributed by atoms with van der Waals surface area (Å²) < 4.78 is 0. The summed E-state index contributed by atoms with van der Waals surface area (Å²) in [6.45, 7) is 3.04. The molecule has 120 valence electrons. The van der Waals surface area contributed by atoms with Gasteiger partial charge in [0.05, 0.1) is 11.3 Å². The molecule has 5 heteroatoms. The Morgan fingerprint density at radius 1 is 1.09 bits per heavy atom. The quantitative estimate of drug-likeness (QED) is 0.776. The molecule has 0 amide bonds. The molecule has 3 fully saturated rings. The summed E-state index contributed by atoms with van der Waals surface area (Å²) in [5.74, 6) is -0.823. The van der Waals surface area contributed by atoms with Gasteiger partial charge in [-0.05, 0) is 55.9 Å². The summed E-state index contributed by atoms with van der Waals surface area (Å²) in [6.07, 6.45) is 7.09. The molecule has 4 rings (SSSR count). The van der Waals surface area contributed by atoms with Crippen LogP contribution in [-0.2, 0) is 9.59 Å². The lowest BCUT2D eigenvalue weighted by Gasteiger charge is -2.42. The van der Waals surface area contributed by atoms with Gasteiger partial charge in [0.2, 0.25) is 0 Å². The molecule has 0 aromatic heterocycles. The summed E-state index contributed by atoms with van der Waals surface area (Å²) >= 11 is 0. The number of piperidine rings is 1. The van der Waals surface area contributed by atoms with E-state index < -0.39 is 17.4 Å². The summed E-state index contributed by atoms with van der Waals surface area (Å²) in [4.78, 5) is 25.9. The van der Waals surface area contributed by atoms with E-state index in [1.807, 2.05) is 12.2 Å². The fraction of sp³-hybridized carbons (Fsp3) is 0.765. The summed E-state index contributed by atoms with van der Waals surface area (Å²) in [6, 6.07) is 0. The zero-order chi connectivity index (χ0) is 15.5. The van der Waals surface area contributed by atoms with Crippen LogP contribution in [0.2, 0.25) is 0 Å². The highest BCUT2D eigenvalue weighted by atomic mass is 16.4. The summed E-state index contributed by atoms with van der Waals surface area (Å²) in [5.41, 5.74) is -0.769. The predicted molar refractivity (Wildman–Crippen MR) is 79.2 cm³/mol. The van der Waals surface area contributed by atoms with E-state index in [1.165, 1.54) is 0 Å². The number of carboxylic acids is 2. The second kappa shape index (κ2) is 4.82. The first kappa shape index (κ1) is 14.2. The largest absolute Gasteiger partial charge is 0.481 e. The van der Waals surface area contributed by atoms with Gasteiger partial charge >= 0.3 is 11.9 Å². The van der Waals surface area contributed by atoms with Crippen LogP contribution >= 0.6 is 0 Å². The lowest BCUT2D eigenvalue weighted by molar-refractivity contribution is -0.152. The zero-order valence-corrected chi connectivity index (χ0v) is 12.6. The van der Waals surface area contributed by atoms with Gasteiger partial charge in [0, 0.05) is 13.1 Å². The van der Waals surface area contributed by atoms with E-state index in [4.69, 9.17) is 0 Å². The van der Waals surface area contributed by atoms with E-state index in [-0.39, 0.29) is 23.7 Å². The molecule has 2 heterocycles. The number of hydrogen-bond donors (Lipinski definition) is 2. The lowest BCUT2D eigenvalue weighted by Crippen LogP contribution is -2.46. The standard InChI is InChI=1S/C17H23NO4/c19-15(20)13-2-1-10-7-17(16(21)22,5-3-12(10)13)14-9-18-6-4-11(14)8-18/h3,5,10-14H,1-2,4,6-9H2,(H,19,20)(H,21,22). The van der Waals surface area contributed by atoms with Crippen molar-refractivity contribution in [1.29, 1.82) is 0 Å². The number of allylic oxidation sites excluding steroid dienone is 1. The SMILES string of the molecule is O=C(O)C1CCC2CC(C(=O)O)(C3CN4CCC3C4)C=CC21. The Bertz CT molecular complexity index is 545. The molecule has 2 N–H and O–H groups in total. The Hall–Kier alpha value is -1.36. The average Bonchev–Trinajstić information content (AvgIpc) is 3.20. The van der Waals surface area contributed by atoms with Gasteiger partial charge in [0.15, 0.2) is 0 Å². The van der Waals surface area contributed by atoms with Crippen LogP contribution in [0, 0.1) is 35.0 Å². The Labute approximate surface area is 130 Å². The minimum atomic E-state index is -0.769. The normalized spacial score (nSPS) is 49.3. The van der Waals surface area contributed by atoms with E-state index in [2.05, 4.69) is 4.90 Å². The van der Waals surface area contributed by atoms with Gasteiger partial charge < -0.3 is 15.1 Å². The van der Waals surface area contributed by atoms with Crippen molar-refractivity contribution in [2.45, 2.75) is 25.7 Å². The summed E-state index contributed by atoms with van der Waals surface area (Å²) in [5, 5.41) is 19.3. The van der Waals surface area contributed by atoms with Crippen LogP contribution in [0.1, 0.15) is 25.7 Å². The topological polar surface area (TPSA) is 77.8 Å². The lowest BCUT2D eigenvalue weighted by atomic mass is 9.61. The van der Waals surface area contributed by atoms with Gasteiger partial charge in [-0.3, -0.25) is 9.59 Å². The number of hydrogen-bond acceptors (Lipinski definition) is 3. The minimum absolute atomic E-state index is 0.0314. The molecule has 7 unspecified atom stereocenters. The number of nitrogens with zero attached hydrogens (tertiary/aromatic N) is 1. The van der Waals surface area contributed by atoms with Gasteiger partial charge in [-0.2, -0.15) is 0 Å². The molecule has 4 aliphatic rings. The minimum Gasteiger partial charge on any atom is -0.481 e. The average molecular weight is 305 g/mol. The molecule has 2 saturated heterocycles. The number of carbonyl (C=O) groups is 2. The maximum absolute atomic E-state index is 12.2. The van der Waals surface area contributed by atoms with Gasteiger partial charge in [-0.1, -0.05) is 12.2 Å². The van der Waals surface area contributed by atoms with Gasteiger partial charge in [0.1, 0.15) is 0 Å². The molecule has 2 bridgehead atoms. The van der Waals surface area contributed by atoms with E-state index in [0.717, 1.165) is 32.5 Å². The molecule has 7 atom stereocenters. The van der Waals surface area contributed by atoms with Gasteiger partial charge in [-0.25, -0.2) is 0 Å². The zero-order valence-electron chi connectivity index (χ0n) is 12.6. The Morgan fingerprint density at radius 3 is 2.50 bits per heavy atom. The Balaban J connectivity index is 1.65. The fourth-order valence-corrected chi connectivity index (χ4v) is 5.67. The number of carboxylic acid groups (broad SMARTS) is 2. The number of rotatable bonds is 3. The molecule has 0 aromatic rings. The molecule has 0 radical (unpaired) electrons. The Kier molecular flexibility index (Phi) is 3.12. The predicted octanol–water partition coefficient (Wildman–Crippen LogP) is 1.70. The third kappa shape index (κ3) is 1.87. The molecule has 0 spiro atoms. The highest BCUT2D eigenvalue weighted by Gasteiger charge is 2.57. The smallest absolute Gasteiger partial charge is 0.313 e. The van der Waals surface area contributed by atoms with Gasteiger partial charge in [-0.15, -0.1) is 0 Å². The van der Waals surface area contributed by atoms with Crippen molar-refractivity contribution in [2.24, 2.45) is 35.0 Å². The van der Waals surface area contributed by atoms with E-state index in [9.17, 15) is 19.8 Å². The highest BCUT2D eigenvalue weighted by Crippen LogP contribution is 2.55. The van der Waals surface area contributed by atoms with Crippen molar-refractivity contribution in [3.8, 4) is 0 Å². The molecule has 2 aliphatic carbocycles. The van der Waals surface area contributed by atoms with Gasteiger partial charge in [0.25, 0.3) is 0 Å². The Morgan fingerprint density at radius 2 is 1.91 bits per heavy atom. The van der Waals surface area contributed by atoms with Crippen LogP contribution in [0.25, 0.3) is 0 Å². The maximum atomic E-state index is 12.2.